The first-order valence-corrected chi connectivity index (χ1v) is 11.5. The molecular formula is C28H26N2O7. The fraction of sp³-hybridized carbons (Fsp3) is 0.250. The molecule has 190 valence electrons. The molecule has 0 radical (unpaired) electrons. The van der Waals surface area contributed by atoms with Crippen molar-refractivity contribution in [3.63, 3.8) is 0 Å². The van der Waals surface area contributed by atoms with Crippen molar-refractivity contribution in [2.75, 3.05) is 20.5 Å². The van der Waals surface area contributed by atoms with Crippen LogP contribution in [0.2, 0.25) is 0 Å². The molecule has 2 aromatic rings. The Morgan fingerprint density at radius 1 is 1.05 bits per heavy atom. The number of aliphatic carboxylic acids is 1. The SMILES string of the molecule is COCOc1ccc(C=CC2=CC(=C(C#N)C#N)c3cc(O)ccc3O2)c(OCCCCCC(=O)O)c1. The molecule has 0 unspecified atom stereocenters. The number of fused-ring (bicyclic) bond motifs is 1. The molecule has 1 aliphatic heterocycles. The summed E-state index contributed by atoms with van der Waals surface area (Å²) in [5, 5.41) is 37.4. The fourth-order valence-corrected chi connectivity index (χ4v) is 3.53. The smallest absolute Gasteiger partial charge is 0.303 e. The number of hydrogen-bond acceptors (Lipinski definition) is 8. The third kappa shape index (κ3) is 7.63. The average Bonchev–Trinajstić information content (AvgIpc) is 2.89. The molecule has 2 N–H and O–H groups in total. The monoisotopic (exact) mass is 502 g/mol. The molecule has 0 spiro atoms. The normalized spacial score (nSPS) is 12.1. The number of carbonyl (C=O) groups is 1. The summed E-state index contributed by atoms with van der Waals surface area (Å²) in [6.45, 7) is 0.472. The topological polar surface area (TPSA) is 142 Å². The zero-order chi connectivity index (χ0) is 26.6. The van der Waals surface area contributed by atoms with Crippen molar-refractivity contribution < 1.29 is 34.0 Å². The molecule has 0 saturated carbocycles. The van der Waals surface area contributed by atoms with Gasteiger partial charge in [-0.2, -0.15) is 10.5 Å². The van der Waals surface area contributed by atoms with Crippen molar-refractivity contribution in [1.82, 2.24) is 0 Å². The van der Waals surface area contributed by atoms with Crippen LogP contribution in [0.4, 0.5) is 0 Å². The molecule has 0 aromatic heterocycles. The lowest BCUT2D eigenvalue weighted by Crippen LogP contribution is -2.04. The van der Waals surface area contributed by atoms with E-state index >= 15 is 0 Å². The lowest BCUT2D eigenvalue weighted by atomic mass is 9.97. The Morgan fingerprint density at radius 3 is 2.59 bits per heavy atom. The molecule has 1 aliphatic rings. The van der Waals surface area contributed by atoms with Gasteiger partial charge in [0.2, 0.25) is 0 Å². The number of phenolic OH excluding ortho intramolecular Hbond substituents is 1. The van der Waals surface area contributed by atoms with Gasteiger partial charge in [-0.25, -0.2) is 0 Å². The summed E-state index contributed by atoms with van der Waals surface area (Å²) in [6, 6.07) is 13.6. The van der Waals surface area contributed by atoms with E-state index in [0.717, 1.165) is 12.0 Å². The van der Waals surface area contributed by atoms with Crippen LogP contribution in [0.15, 0.2) is 59.9 Å². The molecule has 0 amide bonds. The zero-order valence-electron chi connectivity index (χ0n) is 20.3. The van der Waals surface area contributed by atoms with E-state index in [1.165, 1.54) is 19.2 Å². The van der Waals surface area contributed by atoms with Crippen molar-refractivity contribution >= 4 is 17.6 Å². The molecule has 37 heavy (non-hydrogen) atoms. The lowest BCUT2D eigenvalue weighted by Gasteiger charge is -2.19. The van der Waals surface area contributed by atoms with Crippen LogP contribution in [0, 0.1) is 22.7 Å². The Kier molecular flexibility index (Phi) is 9.72. The largest absolute Gasteiger partial charge is 0.508 e. The Morgan fingerprint density at radius 2 is 1.86 bits per heavy atom. The van der Waals surface area contributed by atoms with Crippen molar-refractivity contribution in [2.45, 2.75) is 25.7 Å². The van der Waals surface area contributed by atoms with E-state index in [4.69, 9.17) is 24.1 Å². The molecule has 0 fully saturated rings. The number of ether oxygens (including phenoxy) is 4. The second-order valence-corrected chi connectivity index (χ2v) is 7.98. The first-order valence-electron chi connectivity index (χ1n) is 11.5. The Balaban J connectivity index is 1.84. The highest BCUT2D eigenvalue weighted by molar-refractivity contribution is 5.87. The van der Waals surface area contributed by atoms with Crippen LogP contribution in [-0.4, -0.2) is 36.7 Å². The highest BCUT2D eigenvalue weighted by Gasteiger charge is 2.20. The molecule has 9 nitrogen and oxygen atoms in total. The second kappa shape index (κ2) is 13.4. The van der Waals surface area contributed by atoms with Crippen LogP contribution in [0.1, 0.15) is 36.8 Å². The number of phenols is 1. The minimum Gasteiger partial charge on any atom is -0.508 e. The number of benzene rings is 2. The number of unbranched alkanes of at least 4 members (excludes halogenated alkanes) is 2. The molecular weight excluding hydrogens is 476 g/mol. The van der Waals surface area contributed by atoms with Gasteiger partial charge in [0.15, 0.2) is 6.79 Å². The number of aromatic hydroxyl groups is 1. The van der Waals surface area contributed by atoms with Gasteiger partial charge in [0.25, 0.3) is 0 Å². The van der Waals surface area contributed by atoms with Gasteiger partial charge in [0.05, 0.1) is 6.61 Å². The van der Waals surface area contributed by atoms with E-state index in [1.54, 1.807) is 36.4 Å². The van der Waals surface area contributed by atoms with Gasteiger partial charge < -0.3 is 29.2 Å². The van der Waals surface area contributed by atoms with Crippen LogP contribution in [-0.2, 0) is 9.53 Å². The lowest BCUT2D eigenvalue weighted by molar-refractivity contribution is -0.137. The minimum atomic E-state index is -0.815. The molecule has 1 heterocycles. The zero-order valence-corrected chi connectivity index (χ0v) is 20.3. The van der Waals surface area contributed by atoms with Gasteiger partial charge in [-0.05, 0) is 67.8 Å². The molecule has 0 aliphatic carbocycles. The number of carboxylic acids is 1. The van der Waals surface area contributed by atoms with Crippen LogP contribution in [0.5, 0.6) is 23.0 Å². The first-order chi connectivity index (χ1) is 17.9. The highest BCUT2D eigenvalue weighted by Crippen LogP contribution is 2.38. The van der Waals surface area contributed by atoms with Gasteiger partial charge in [0, 0.05) is 36.3 Å². The van der Waals surface area contributed by atoms with Crippen LogP contribution < -0.4 is 14.2 Å². The van der Waals surface area contributed by atoms with Crippen LogP contribution in [0.3, 0.4) is 0 Å². The van der Waals surface area contributed by atoms with E-state index in [1.807, 2.05) is 18.2 Å². The second-order valence-electron chi connectivity index (χ2n) is 7.98. The van der Waals surface area contributed by atoms with Crippen LogP contribution >= 0.6 is 0 Å². The number of carboxylic acid groups (broad SMARTS) is 1. The molecule has 3 rings (SSSR count). The summed E-state index contributed by atoms with van der Waals surface area (Å²) in [4.78, 5) is 10.7. The summed E-state index contributed by atoms with van der Waals surface area (Å²) >= 11 is 0. The minimum absolute atomic E-state index is 0.0111. The number of allylic oxidation sites excluding steroid dienone is 4. The van der Waals surface area contributed by atoms with E-state index in [9.17, 15) is 20.4 Å². The van der Waals surface area contributed by atoms with Gasteiger partial charge in [0.1, 0.15) is 46.5 Å². The third-order valence-electron chi connectivity index (χ3n) is 5.31. The number of rotatable bonds is 12. The highest BCUT2D eigenvalue weighted by atomic mass is 16.7. The molecule has 0 atom stereocenters. The first kappa shape index (κ1) is 26.9. The number of nitriles is 2. The predicted molar refractivity (Wildman–Crippen MR) is 135 cm³/mol. The third-order valence-corrected chi connectivity index (χ3v) is 5.31. The van der Waals surface area contributed by atoms with Crippen molar-refractivity contribution in [3.8, 4) is 35.1 Å². The summed E-state index contributed by atoms with van der Waals surface area (Å²) in [5.41, 5.74) is 1.42. The van der Waals surface area contributed by atoms with Gasteiger partial charge in [-0.1, -0.05) is 0 Å². The van der Waals surface area contributed by atoms with Crippen LogP contribution in [0.25, 0.3) is 11.6 Å². The van der Waals surface area contributed by atoms with Crippen molar-refractivity contribution in [2.24, 2.45) is 0 Å². The standard InChI is InChI=1S/C28H26N2O7/c1-34-18-36-22-9-6-19(27(15-22)35-12-4-2-3-5-28(32)33)7-10-23-14-24(20(16-29)17-30)25-13-21(31)8-11-26(25)37-23/h6-11,13-15,31H,2-5,12,18H2,1H3,(H,32,33). The van der Waals surface area contributed by atoms with Crippen molar-refractivity contribution in [3.05, 3.63) is 71.0 Å². The van der Waals surface area contributed by atoms with Gasteiger partial charge >= 0.3 is 5.97 Å². The maximum Gasteiger partial charge on any atom is 0.303 e. The maximum absolute atomic E-state index is 10.7. The quantitative estimate of drug-likeness (QED) is 0.228. The number of hydrogen-bond donors (Lipinski definition) is 2. The molecule has 9 heteroatoms. The Hall–Kier alpha value is -4.73. The maximum atomic E-state index is 10.7. The predicted octanol–water partition coefficient (Wildman–Crippen LogP) is 5.19. The number of methoxy groups -OCH3 is 1. The Bertz CT molecular complexity index is 1300. The summed E-state index contributed by atoms with van der Waals surface area (Å²) in [6.07, 6.45) is 7.15. The van der Waals surface area contributed by atoms with Crippen molar-refractivity contribution in [1.29, 1.82) is 10.5 Å². The molecule has 2 aromatic carbocycles. The van der Waals surface area contributed by atoms with Gasteiger partial charge in [-0.3, -0.25) is 4.79 Å². The summed E-state index contributed by atoms with van der Waals surface area (Å²) in [7, 11) is 1.52. The fourth-order valence-electron chi connectivity index (χ4n) is 3.53. The summed E-state index contributed by atoms with van der Waals surface area (Å²) < 4.78 is 22.4. The number of nitrogens with zero attached hydrogens (tertiary/aromatic N) is 2. The molecule has 0 saturated heterocycles. The average molecular weight is 503 g/mol. The van der Waals surface area contributed by atoms with E-state index in [-0.39, 0.29) is 24.5 Å². The van der Waals surface area contributed by atoms with E-state index in [2.05, 4.69) is 0 Å². The molecule has 0 bridgehead atoms. The Labute approximate surface area is 214 Å². The van der Waals surface area contributed by atoms with Gasteiger partial charge in [-0.15, -0.1) is 0 Å². The van der Waals surface area contributed by atoms with E-state index in [0.29, 0.717) is 53.6 Å². The summed E-state index contributed by atoms with van der Waals surface area (Å²) in [5.74, 6) is 1.07. The van der Waals surface area contributed by atoms with E-state index < -0.39 is 5.97 Å².